The quantitative estimate of drug-likeness (QED) is 0.842. The summed E-state index contributed by atoms with van der Waals surface area (Å²) in [5.41, 5.74) is 0.326. The summed E-state index contributed by atoms with van der Waals surface area (Å²) in [6.45, 7) is 4.12. The molecule has 1 aliphatic rings. The molecule has 88 valence electrons. The second kappa shape index (κ2) is 5.21. The first kappa shape index (κ1) is 11.3. The van der Waals surface area contributed by atoms with E-state index in [0.717, 1.165) is 25.9 Å². The van der Waals surface area contributed by atoms with Crippen LogP contribution >= 0.6 is 0 Å². The number of halogens is 1. The monoisotopic (exact) mass is 225 g/mol. The molecule has 1 saturated heterocycles. The van der Waals surface area contributed by atoms with E-state index in [2.05, 4.69) is 15.3 Å². The molecule has 1 N–H and O–H groups in total. The number of aryl methyl sites for hydroxylation is 1. The molecule has 0 bridgehead atoms. The van der Waals surface area contributed by atoms with E-state index < -0.39 is 5.82 Å². The van der Waals surface area contributed by atoms with E-state index in [1.54, 1.807) is 6.92 Å². The first-order valence-corrected chi connectivity index (χ1v) is 5.58. The molecule has 2 heterocycles. The fourth-order valence-electron chi connectivity index (χ4n) is 1.80. The van der Waals surface area contributed by atoms with E-state index in [9.17, 15) is 4.39 Å². The van der Waals surface area contributed by atoms with Crippen LogP contribution in [0.15, 0.2) is 6.33 Å². The SMILES string of the molecule is Cc1ncnc(OCC2CCCNC2)c1F. The molecule has 0 spiro atoms. The summed E-state index contributed by atoms with van der Waals surface area (Å²) < 4.78 is 18.9. The van der Waals surface area contributed by atoms with E-state index in [0.29, 0.717) is 18.2 Å². The minimum atomic E-state index is -0.453. The lowest BCUT2D eigenvalue weighted by atomic mass is 10.0. The van der Waals surface area contributed by atoms with Crippen molar-refractivity contribution in [1.82, 2.24) is 15.3 Å². The molecule has 1 fully saturated rings. The third-order valence-corrected chi connectivity index (χ3v) is 2.79. The number of hydrogen-bond acceptors (Lipinski definition) is 4. The lowest BCUT2D eigenvalue weighted by Gasteiger charge is -2.22. The minimum absolute atomic E-state index is 0.0677. The molecule has 0 radical (unpaired) electrons. The predicted octanol–water partition coefficient (Wildman–Crippen LogP) is 1.30. The fourth-order valence-corrected chi connectivity index (χ4v) is 1.80. The molecule has 0 aliphatic carbocycles. The Morgan fingerprint density at radius 2 is 2.44 bits per heavy atom. The number of nitrogens with one attached hydrogen (secondary N) is 1. The molecule has 5 heteroatoms. The fraction of sp³-hybridized carbons (Fsp3) is 0.636. The van der Waals surface area contributed by atoms with Gasteiger partial charge in [-0.15, -0.1) is 0 Å². The van der Waals surface area contributed by atoms with Crippen LogP contribution in [0.1, 0.15) is 18.5 Å². The largest absolute Gasteiger partial charge is 0.475 e. The van der Waals surface area contributed by atoms with Gasteiger partial charge in [-0.05, 0) is 26.3 Å². The second-order valence-corrected chi connectivity index (χ2v) is 4.10. The molecular weight excluding hydrogens is 209 g/mol. The van der Waals surface area contributed by atoms with Gasteiger partial charge in [0.15, 0.2) is 0 Å². The normalized spacial score (nSPS) is 20.8. The van der Waals surface area contributed by atoms with Crippen molar-refractivity contribution in [3.63, 3.8) is 0 Å². The predicted molar refractivity (Wildman–Crippen MR) is 57.8 cm³/mol. The zero-order valence-electron chi connectivity index (χ0n) is 9.37. The Labute approximate surface area is 94.2 Å². The number of ether oxygens (including phenoxy) is 1. The van der Waals surface area contributed by atoms with Crippen molar-refractivity contribution in [2.24, 2.45) is 5.92 Å². The standard InChI is InChI=1S/C11H16FN3O/c1-8-10(12)11(15-7-14-8)16-6-9-3-2-4-13-5-9/h7,9,13H,2-6H2,1H3. The average Bonchev–Trinajstić information content (AvgIpc) is 2.32. The highest BCUT2D eigenvalue weighted by Crippen LogP contribution is 2.17. The zero-order chi connectivity index (χ0) is 11.4. The van der Waals surface area contributed by atoms with Crippen LogP contribution in [-0.4, -0.2) is 29.7 Å². The minimum Gasteiger partial charge on any atom is -0.475 e. The summed E-state index contributed by atoms with van der Waals surface area (Å²) in [5, 5.41) is 3.29. The van der Waals surface area contributed by atoms with E-state index >= 15 is 0 Å². The summed E-state index contributed by atoms with van der Waals surface area (Å²) >= 11 is 0. The zero-order valence-corrected chi connectivity index (χ0v) is 9.37. The molecule has 1 aromatic heterocycles. The van der Waals surface area contributed by atoms with Gasteiger partial charge in [0.1, 0.15) is 6.33 Å². The van der Waals surface area contributed by atoms with E-state index in [1.165, 1.54) is 6.33 Å². The van der Waals surface area contributed by atoms with Crippen molar-refractivity contribution < 1.29 is 9.13 Å². The van der Waals surface area contributed by atoms with Gasteiger partial charge in [-0.3, -0.25) is 0 Å². The maximum absolute atomic E-state index is 13.5. The molecule has 1 unspecified atom stereocenters. The first-order chi connectivity index (χ1) is 7.77. The summed E-state index contributed by atoms with van der Waals surface area (Å²) in [5.74, 6) is 0.0627. The van der Waals surface area contributed by atoms with Crippen LogP contribution in [0.3, 0.4) is 0 Å². The number of aromatic nitrogens is 2. The smallest absolute Gasteiger partial charge is 0.253 e. The molecule has 0 aromatic carbocycles. The maximum Gasteiger partial charge on any atom is 0.253 e. The third kappa shape index (κ3) is 2.66. The molecule has 2 rings (SSSR count). The summed E-state index contributed by atoms with van der Waals surface area (Å²) in [6.07, 6.45) is 3.60. The van der Waals surface area contributed by atoms with E-state index in [1.807, 2.05) is 0 Å². The highest BCUT2D eigenvalue weighted by Gasteiger charge is 2.15. The average molecular weight is 225 g/mol. The van der Waals surface area contributed by atoms with Crippen molar-refractivity contribution in [1.29, 1.82) is 0 Å². The summed E-state index contributed by atoms with van der Waals surface area (Å²) in [7, 11) is 0. The molecule has 1 aliphatic heterocycles. The van der Waals surface area contributed by atoms with Gasteiger partial charge < -0.3 is 10.1 Å². The highest BCUT2D eigenvalue weighted by molar-refractivity contribution is 5.15. The third-order valence-electron chi connectivity index (χ3n) is 2.79. The highest BCUT2D eigenvalue weighted by atomic mass is 19.1. The summed E-state index contributed by atoms with van der Waals surface area (Å²) in [4.78, 5) is 7.55. The van der Waals surface area contributed by atoms with Crippen LogP contribution in [0.2, 0.25) is 0 Å². The van der Waals surface area contributed by atoms with Gasteiger partial charge in [0.2, 0.25) is 5.82 Å². The Morgan fingerprint density at radius 1 is 1.56 bits per heavy atom. The molecule has 0 saturated carbocycles. The molecule has 1 atom stereocenters. The Morgan fingerprint density at radius 3 is 3.19 bits per heavy atom. The molecule has 16 heavy (non-hydrogen) atoms. The second-order valence-electron chi connectivity index (χ2n) is 4.10. The van der Waals surface area contributed by atoms with Crippen LogP contribution in [0.5, 0.6) is 5.88 Å². The lowest BCUT2D eigenvalue weighted by Crippen LogP contribution is -2.33. The van der Waals surface area contributed by atoms with Crippen LogP contribution in [0.25, 0.3) is 0 Å². The number of nitrogens with zero attached hydrogens (tertiary/aromatic N) is 2. The Bertz CT molecular complexity index is 353. The van der Waals surface area contributed by atoms with Crippen molar-refractivity contribution >= 4 is 0 Å². The van der Waals surface area contributed by atoms with Crippen molar-refractivity contribution in [3.05, 3.63) is 17.8 Å². The first-order valence-electron chi connectivity index (χ1n) is 5.58. The Kier molecular flexibility index (Phi) is 3.66. The van der Waals surface area contributed by atoms with Crippen LogP contribution < -0.4 is 10.1 Å². The Balaban J connectivity index is 1.91. The van der Waals surface area contributed by atoms with Gasteiger partial charge in [-0.25, -0.2) is 4.98 Å². The van der Waals surface area contributed by atoms with Crippen molar-refractivity contribution in [2.45, 2.75) is 19.8 Å². The van der Waals surface area contributed by atoms with Crippen molar-refractivity contribution in [3.8, 4) is 5.88 Å². The van der Waals surface area contributed by atoms with Crippen LogP contribution in [-0.2, 0) is 0 Å². The van der Waals surface area contributed by atoms with Crippen LogP contribution in [0, 0.1) is 18.7 Å². The maximum atomic E-state index is 13.5. The summed E-state index contributed by atoms with van der Waals surface area (Å²) in [6, 6.07) is 0. The molecule has 1 aromatic rings. The van der Waals surface area contributed by atoms with Gasteiger partial charge in [0.25, 0.3) is 5.88 Å². The van der Waals surface area contributed by atoms with Gasteiger partial charge in [-0.1, -0.05) is 0 Å². The molecule has 4 nitrogen and oxygen atoms in total. The molecular formula is C11H16FN3O. The lowest BCUT2D eigenvalue weighted by molar-refractivity contribution is 0.203. The molecule has 0 amide bonds. The van der Waals surface area contributed by atoms with Gasteiger partial charge in [-0.2, -0.15) is 9.37 Å². The number of hydrogen-bond donors (Lipinski definition) is 1. The Hall–Kier alpha value is -1.23. The van der Waals surface area contributed by atoms with E-state index in [-0.39, 0.29) is 5.88 Å². The van der Waals surface area contributed by atoms with Gasteiger partial charge in [0, 0.05) is 12.5 Å². The van der Waals surface area contributed by atoms with Crippen molar-refractivity contribution in [2.75, 3.05) is 19.7 Å². The van der Waals surface area contributed by atoms with Crippen LogP contribution in [0.4, 0.5) is 4.39 Å². The number of piperidine rings is 1. The topological polar surface area (TPSA) is 47.0 Å². The van der Waals surface area contributed by atoms with Gasteiger partial charge in [0.05, 0.1) is 12.3 Å². The number of rotatable bonds is 3. The van der Waals surface area contributed by atoms with Gasteiger partial charge >= 0.3 is 0 Å². The van der Waals surface area contributed by atoms with E-state index in [4.69, 9.17) is 4.74 Å².